The molecule has 0 heterocycles. The van der Waals surface area contributed by atoms with E-state index in [1.54, 1.807) is 0 Å². The van der Waals surface area contributed by atoms with Crippen LogP contribution >= 0.6 is 37.2 Å². The van der Waals surface area contributed by atoms with Gasteiger partial charge in [-0.3, -0.25) is 0 Å². The zero-order valence-corrected chi connectivity index (χ0v) is 13.1. The van der Waals surface area contributed by atoms with E-state index in [9.17, 15) is 0 Å². The van der Waals surface area contributed by atoms with Gasteiger partial charge in [-0.05, 0) is 31.8 Å². The molecule has 0 aliphatic heterocycles. The van der Waals surface area contributed by atoms with E-state index in [-0.39, 0.29) is 37.2 Å². The fourth-order valence-electron chi connectivity index (χ4n) is 1.47. The van der Waals surface area contributed by atoms with Crippen molar-refractivity contribution in [2.75, 3.05) is 38.8 Å². The third-order valence-electron chi connectivity index (χ3n) is 2.07. The molecule has 0 saturated heterocycles. The Morgan fingerprint density at radius 2 is 1.53 bits per heavy atom. The van der Waals surface area contributed by atoms with Gasteiger partial charge >= 0.3 is 0 Å². The Hall–Kier alpha value is -0.350. The first kappa shape index (κ1) is 21.9. The van der Waals surface area contributed by atoms with Crippen LogP contribution in [0.5, 0.6) is 0 Å². The standard InChI is InChI=1S/C11H19N3.3ClH/c1-13(2)8-9-5-6-11(14(3)4)10(12)7-9;;;/h5-7H,8,12H2,1-4H3;3*1H. The Bertz CT molecular complexity index is 317. The maximum absolute atomic E-state index is 5.94. The van der Waals surface area contributed by atoms with Crippen LogP contribution in [0.15, 0.2) is 18.2 Å². The highest BCUT2D eigenvalue weighted by atomic mass is 35.5. The third kappa shape index (κ3) is 6.84. The average Bonchev–Trinajstić information content (AvgIpc) is 2.01. The molecule has 0 amide bonds. The summed E-state index contributed by atoms with van der Waals surface area (Å²) >= 11 is 0. The molecule has 2 N–H and O–H groups in total. The number of benzene rings is 1. The average molecular weight is 303 g/mol. The van der Waals surface area contributed by atoms with Gasteiger partial charge in [0.05, 0.1) is 11.4 Å². The summed E-state index contributed by atoms with van der Waals surface area (Å²) in [6.07, 6.45) is 0. The Balaban J connectivity index is -0.000000653. The number of nitrogen functional groups attached to an aromatic ring is 1. The SMILES string of the molecule is CN(C)Cc1ccc(N(C)C)c(N)c1.Cl.Cl.Cl. The van der Waals surface area contributed by atoms with Crippen molar-refractivity contribution in [1.29, 1.82) is 0 Å². The fraction of sp³-hybridized carbons (Fsp3) is 0.455. The highest BCUT2D eigenvalue weighted by Crippen LogP contribution is 2.22. The number of hydrogen-bond donors (Lipinski definition) is 1. The van der Waals surface area contributed by atoms with E-state index in [1.807, 2.05) is 25.1 Å². The van der Waals surface area contributed by atoms with Gasteiger partial charge < -0.3 is 15.5 Å². The molecule has 0 aliphatic rings. The second kappa shape index (κ2) is 9.66. The van der Waals surface area contributed by atoms with Crippen molar-refractivity contribution >= 4 is 48.6 Å². The van der Waals surface area contributed by atoms with E-state index in [1.165, 1.54) is 5.56 Å². The quantitative estimate of drug-likeness (QED) is 0.871. The lowest BCUT2D eigenvalue weighted by Crippen LogP contribution is -2.13. The van der Waals surface area contributed by atoms with Gasteiger partial charge in [-0.1, -0.05) is 6.07 Å². The molecule has 3 nitrogen and oxygen atoms in total. The summed E-state index contributed by atoms with van der Waals surface area (Å²) in [4.78, 5) is 4.15. The molecule has 0 spiro atoms. The Morgan fingerprint density at radius 3 is 1.88 bits per heavy atom. The van der Waals surface area contributed by atoms with Crippen LogP contribution in [0, 0.1) is 0 Å². The van der Waals surface area contributed by atoms with Crippen LogP contribution in [-0.2, 0) is 6.54 Å². The van der Waals surface area contributed by atoms with Crippen LogP contribution in [0.2, 0.25) is 0 Å². The topological polar surface area (TPSA) is 32.5 Å². The minimum Gasteiger partial charge on any atom is -0.397 e. The summed E-state index contributed by atoms with van der Waals surface area (Å²) in [5, 5.41) is 0. The van der Waals surface area contributed by atoms with Gasteiger partial charge in [0.2, 0.25) is 0 Å². The van der Waals surface area contributed by atoms with Crippen molar-refractivity contribution in [2.24, 2.45) is 0 Å². The first-order valence-electron chi connectivity index (χ1n) is 4.71. The minimum atomic E-state index is 0. The molecule has 1 rings (SSSR count). The minimum absolute atomic E-state index is 0. The Kier molecular flexibility index (Phi) is 12.4. The van der Waals surface area contributed by atoms with Crippen LogP contribution in [0.4, 0.5) is 11.4 Å². The highest BCUT2D eigenvalue weighted by Gasteiger charge is 2.02. The van der Waals surface area contributed by atoms with Crippen molar-refractivity contribution in [3.63, 3.8) is 0 Å². The van der Waals surface area contributed by atoms with E-state index in [0.29, 0.717) is 0 Å². The van der Waals surface area contributed by atoms with E-state index >= 15 is 0 Å². The second-order valence-electron chi connectivity index (χ2n) is 4.03. The van der Waals surface area contributed by atoms with Crippen LogP contribution in [-0.4, -0.2) is 33.1 Å². The first-order chi connectivity index (χ1) is 6.50. The third-order valence-corrected chi connectivity index (χ3v) is 2.07. The molecule has 6 heteroatoms. The molecule has 0 bridgehead atoms. The largest absolute Gasteiger partial charge is 0.397 e. The van der Waals surface area contributed by atoms with Gasteiger partial charge in [0.25, 0.3) is 0 Å². The van der Waals surface area contributed by atoms with Gasteiger partial charge in [-0.25, -0.2) is 0 Å². The highest BCUT2D eigenvalue weighted by molar-refractivity contribution is 5.86. The van der Waals surface area contributed by atoms with E-state index < -0.39 is 0 Å². The molecule has 0 saturated carbocycles. The number of rotatable bonds is 3. The predicted molar refractivity (Wildman–Crippen MR) is 84.3 cm³/mol. The van der Waals surface area contributed by atoms with Crippen molar-refractivity contribution < 1.29 is 0 Å². The van der Waals surface area contributed by atoms with Gasteiger partial charge in [0, 0.05) is 20.6 Å². The summed E-state index contributed by atoms with van der Waals surface area (Å²) in [5.74, 6) is 0. The van der Waals surface area contributed by atoms with E-state index in [0.717, 1.165) is 17.9 Å². The molecule has 0 radical (unpaired) electrons. The van der Waals surface area contributed by atoms with Crippen LogP contribution in [0.1, 0.15) is 5.56 Å². The number of hydrogen-bond acceptors (Lipinski definition) is 3. The van der Waals surface area contributed by atoms with Gasteiger partial charge in [-0.15, -0.1) is 37.2 Å². The predicted octanol–water partition coefficient (Wildman–Crippen LogP) is 2.66. The van der Waals surface area contributed by atoms with Gasteiger partial charge in [-0.2, -0.15) is 0 Å². The zero-order chi connectivity index (χ0) is 10.7. The van der Waals surface area contributed by atoms with E-state index in [4.69, 9.17) is 5.73 Å². The molecule has 1 aromatic carbocycles. The summed E-state index contributed by atoms with van der Waals surface area (Å²) < 4.78 is 0. The van der Waals surface area contributed by atoms with Crippen molar-refractivity contribution in [3.8, 4) is 0 Å². The molecule has 0 unspecified atom stereocenters. The number of nitrogens with zero attached hydrogens (tertiary/aromatic N) is 2. The van der Waals surface area contributed by atoms with E-state index in [2.05, 4.69) is 31.1 Å². The van der Waals surface area contributed by atoms with Gasteiger partial charge in [0.1, 0.15) is 0 Å². The lowest BCUT2D eigenvalue weighted by atomic mass is 10.1. The zero-order valence-electron chi connectivity index (χ0n) is 10.6. The van der Waals surface area contributed by atoms with Crippen molar-refractivity contribution in [3.05, 3.63) is 23.8 Å². The molecular formula is C11H22Cl3N3. The summed E-state index contributed by atoms with van der Waals surface area (Å²) in [6.45, 7) is 0.928. The monoisotopic (exact) mass is 301 g/mol. The summed E-state index contributed by atoms with van der Waals surface area (Å²) in [5.41, 5.74) is 9.10. The Morgan fingerprint density at radius 1 is 1.00 bits per heavy atom. The number of anilines is 2. The molecule has 17 heavy (non-hydrogen) atoms. The maximum Gasteiger partial charge on any atom is 0.0594 e. The molecule has 0 fully saturated rings. The maximum atomic E-state index is 5.94. The molecule has 0 atom stereocenters. The molecule has 102 valence electrons. The first-order valence-corrected chi connectivity index (χ1v) is 4.71. The molecule has 0 aromatic heterocycles. The molecule has 1 aromatic rings. The Labute approximate surface area is 123 Å². The van der Waals surface area contributed by atoms with Crippen LogP contribution in [0.3, 0.4) is 0 Å². The number of nitrogens with two attached hydrogens (primary N) is 1. The number of halogens is 3. The van der Waals surface area contributed by atoms with Crippen molar-refractivity contribution in [2.45, 2.75) is 6.54 Å². The summed E-state index contributed by atoms with van der Waals surface area (Å²) in [6, 6.07) is 6.22. The smallest absolute Gasteiger partial charge is 0.0594 e. The summed E-state index contributed by atoms with van der Waals surface area (Å²) in [7, 11) is 8.10. The molecule has 0 aliphatic carbocycles. The van der Waals surface area contributed by atoms with Crippen molar-refractivity contribution in [1.82, 2.24) is 4.90 Å². The van der Waals surface area contributed by atoms with Gasteiger partial charge in [0.15, 0.2) is 0 Å². The fourth-order valence-corrected chi connectivity index (χ4v) is 1.47. The van der Waals surface area contributed by atoms with Crippen LogP contribution in [0.25, 0.3) is 0 Å². The van der Waals surface area contributed by atoms with Crippen LogP contribution < -0.4 is 10.6 Å². The lowest BCUT2D eigenvalue weighted by molar-refractivity contribution is 0.402. The lowest BCUT2D eigenvalue weighted by Gasteiger charge is -2.17. The second-order valence-corrected chi connectivity index (χ2v) is 4.03. The molecular weight excluding hydrogens is 281 g/mol. The normalized spacial score (nSPS) is 8.76.